The summed E-state index contributed by atoms with van der Waals surface area (Å²) in [6.45, 7) is 8.96. The first-order chi connectivity index (χ1) is 20.2. The van der Waals surface area contributed by atoms with Crippen molar-refractivity contribution in [3.63, 3.8) is 0 Å². The zero-order valence-corrected chi connectivity index (χ0v) is 25.4. The molecule has 2 saturated heterocycles. The molecule has 1 aliphatic carbocycles. The van der Waals surface area contributed by atoms with Gasteiger partial charge in [0.25, 0.3) is 5.91 Å². The van der Waals surface area contributed by atoms with Gasteiger partial charge in [-0.15, -0.1) is 0 Å². The Hall–Kier alpha value is -3.43. The number of anilines is 1. The molecule has 12 nitrogen and oxygen atoms in total. The molecule has 1 aromatic rings. The first-order valence-corrected chi connectivity index (χ1v) is 14.7. The molecule has 1 aromatic heterocycles. The van der Waals surface area contributed by atoms with E-state index in [1.54, 1.807) is 25.7 Å². The Morgan fingerprint density at radius 3 is 2.65 bits per heavy atom. The molecule has 4 atom stereocenters. The smallest absolute Gasteiger partial charge is 0.416 e. The highest BCUT2D eigenvalue weighted by Gasteiger charge is 2.54. The Kier molecular flexibility index (Phi) is 8.35. The fourth-order valence-electron chi connectivity index (χ4n) is 6.01. The number of alkyl carbamates (subject to hydrolysis) is 1. The van der Waals surface area contributed by atoms with E-state index in [0.29, 0.717) is 5.57 Å². The minimum absolute atomic E-state index is 0.0324. The van der Waals surface area contributed by atoms with E-state index < -0.39 is 58.6 Å². The molecule has 2 unspecified atom stereocenters. The summed E-state index contributed by atoms with van der Waals surface area (Å²) < 4.78 is 56.1. The molecule has 5 rings (SSSR count). The number of allylic oxidation sites excluding steroid dienone is 3. The van der Waals surface area contributed by atoms with Crippen LogP contribution in [0.25, 0.3) is 0 Å². The zero-order chi connectivity index (χ0) is 31.2. The van der Waals surface area contributed by atoms with E-state index in [-0.39, 0.29) is 50.4 Å². The molecule has 0 aromatic carbocycles. The third-order valence-electron chi connectivity index (χ3n) is 7.76. The van der Waals surface area contributed by atoms with E-state index in [2.05, 4.69) is 14.7 Å². The number of amides is 3. The lowest BCUT2D eigenvalue weighted by molar-refractivity contribution is -0.144. The largest absolute Gasteiger partial charge is 0.443 e. The predicted octanol–water partition coefficient (Wildman–Crippen LogP) is 4.16. The van der Waals surface area contributed by atoms with Gasteiger partial charge in [-0.2, -0.15) is 4.37 Å². The van der Waals surface area contributed by atoms with Crippen LogP contribution in [-0.4, -0.2) is 88.2 Å². The van der Waals surface area contributed by atoms with Gasteiger partial charge in [0.15, 0.2) is 6.10 Å². The van der Waals surface area contributed by atoms with Crippen molar-refractivity contribution in [2.45, 2.75) is 76.9 Å². The molecule has 1 N–H and O–H groups in total. The van der Waals surface area contributed by atoms with Crippen LogP contribution in [0.15, 0.2) is 41.8 Å². The minimum atomic E-state index is -1.42. The van der Waals surface area contributed by atoms with E-state index in [1.165, 1.54) is 17.3 Å². The third-order valence-corrected chi connectivity index (χ3v) is 8.44. The van der Waals surface area contributed by atoms with Gasteiger partial charge in [-0.05, 0) is 47.1 Å². The molecule has 15 heteroatoms. The fraction of sp³-hybridized carbons (Fsp3) is 0.607. The van der Waals surface area contributed by atoms with Crippen LogP contribution < -0.4 is 10.2 Å². The van der Waals surface area contributed by atoms with Gasteiger partial charge in [-0.1, -0.05) is 11.6 Å². The number of cyclic esters (lactones) is 1. The molecular formula is C28H35F2N5O7S. The number of carbonyl (C=O) groups excluding carboxylic acids is 3. The topological polar surface area (TPSA) is 132 Å². The summed E-state index contributed by atoms with van der Waals surface area (Å²) in [4.78, 5) is 46.3. The quantitative estimate of drug-likeness (QED) is 0.464. The second-order valence-corrected chi connectivity index (χ2v) is 13.2. The monoisotopic (exact) mass is 623 g/mol. The summed E-state index contributed by atoms with van der Waals surface area (Å²) in [6, 6.07) is -1.00. The highest BCUT2D eigenvalue weighted by atomic mass is 32.1. The molecule has 0 saturated carbocycles. The average Bonchev–Trinajstić information content (AvgIpc) is 3.67. The summed E-state index contributed by atoms with van der Waals surface area (Å²) in [6.07, 6.45) is 1.82. The molecule has 4 aliphatic rings. The van der Waals surface area contributed by atoms with E-state index in [4.69, 9.17) is 18.9 Å². The number of hydrogen-bond acceptors (Lipinski definition) is 10. The van der Waals surface area contributed by atoms with Gasteiger partial charge >= 0.3 is 12.2 Å². The maximum atomic E-state index is 15.2. The first kappa shape index (κ1) is 31.0. The summed E-state index contributed by atoms with van der Waals surface area (Å²) in [5.74, 6) is -1.78. The molecule has 0 bridgehead atoms. The van der Waals surface area contributed by atoms with Crippen molar-refractivity contribution >= 4 is 34.8 Å². The number of nitrogens with one attached hydrogen (secondary N) is 1. The van der Waals surface area contributed by atoms with Crippen LogP contribution in [0.1, 0.15) is 47.5 Å². The molecular weight excluding hydrogens is 588 g/mol. The van der Waals surface area contributed by atoms with Crippen LogP contribution in [0.2, 0.25) is 0 Å². The Labute approximate surface area is 251 Å². The normalized spacial score (nSPS) is 28.8. The molecule has 0 spiro atoms. The summed E-state index contributed by atoms with van der Waals surface area (Å²) in [5.41, 5.74) is -2.52. The van der Waals surface area contributed by atoms with Crippen molar-refractivity contribution in [3.05, 3.63) is 41.8 Å². The Morgan fingerprint density at radius 2 is 2.05 bits per heavy atom. The van der Waals surface area contributed by atoms with Crippen molar-refractivity contribution in [1.82, 2.24) is 19.6 Å². The molecule has 3 aliphatic heterocycles. The zero-order valence-electron chi connectivity index (χ0n) is 24.6. The molecule has 43 heavy (non-hydrogen) atoms. The number of rotatable bonds is 6. The van der Waals surface area contributed by atoms with Crippen LogP contribution in [0, 0.1) is 5.41 Å². The summed E-state index contributed by atoms with van der Waals surface area (Å²) in [7, 11) is 0. The van der Waals surface area contributed by atoms with Crippen molar-refractivity contribution in [1.29, 1.82) is 0 Å². The van der Waals surface area contributed by atoms with E-state index in [0.717, 1.165) is 17.6 Å². The lowest BCUT2D eigenvalue weighted by atomic mass is 9.64. The summed E-state index contributed by atoms with van der Waals surface area (Å²) >= 11 is 0.941. The van der Waals surface area contributed by atoms with Crippen LogP contribution in [0.3, 0.4) is 0 Å². The Balaban J connectivity index is 1.51. The molecule has 234 valence electrons. The average molecular weight is 624 g/mol. The van der Waals surface area contributed by atoms with Gasteiger partial charge in [0.1, 0.15) is 36.5 Å². The second-order valence-electron chi connectivity index (χ2n) is 12.4. The lowest BCUT2D eigenvalue weighted by Gasteiger charge is -2.48. The van der Waals surface area contributed by atoms with Gasteiger partial charge in [-0.25, -0.2) is 28.3 Å². The van der Waals surface area contributed by atoms with Gasteiger partial charge in [0.05, 0.1) is 24.7 Å². The molecule has 2 fully saturated rings. The van der Waals surface area contributed by atoms with Crippen molar-refractivity contribution in [2.24, 2.45) is 5.41 Å². The van der Waals surface area contributed by atoms with Crippen molar-refractivity contribution < 1.29 is 42.1 Å². The number of halogens is 2. The van der Waals surface area contributed by atoms with E-state index in [1.807, 2.05) is 19.9 Å². The van der Waals surface area contributed by atoms with Crippen LogP contribution in [0.5, 0.6) is 0 Å². The van der Waals surface area contributed by atoms with Crippen LogP contribution >= 0.6 is 11.5 Å². The van der Waals surface area contributed by atoms with E-state index >= 15 is 8.78 Å². The van der Waals surface area contributed by atoms with Crippen LogP contribution in [-0.2, 0) is 23.7 Å². The number of hydrogen-bond donors (Lipinski definition) is 1. The standard InChI is InChI=1S/C28H35F2N5O7S/c1-26(2,3)42-25(38)34(23-31-14-32-43-23)12-19-21(33-24(37)41-19)28(10-17(29)8-18(30)11-28)16-6-7-35(27(4,5)9-16)22(36)20-13-39-15-40-20/h8-10,14,19-21H,6-7,11-13,15H2,1-5H3,(H,33,37)/t19-,20+,21?,28?/m1/s1. The highest BCUT2D eigenvalue weighted by molar-refractivity contribution is 7.09. The number of nitrogens with zero attached hydrogens (tertiary/aromatic N) is 4. The Bertz CT molecular complexity index is 1350. The van der Waals surface area contributed by atoms with Gasteiger partial charge in [0.2, 0.25) is 5.13 Å². The number of aromatic nitrogens is 2. The minimum Gasteiger partial charge on any atom is -0.443 e. The van der Waals surface area contributed by atoms with Gasteiger partial charge in [0, 0.05) is 36.0 Å². The number of carbonyl (C=O) groups is 3. The van der Waals surface area contributed by atoms with Crippen molar-refractivity contribution in [2.75, 3.05) is 31.4 Å². The molecule has 4 heterocycles. The third kappa shape index (κ3) is 6.43. The van der Waals surface area contributed by atoms with E-state index in [9.17, 15) is 14.4 Å². The Morgan fingerprint density at radius 1 is 1.28 bits per heavy atom. The van der Waals surface area contributed by atoms with Crippen molar-refractivity contribution in [3.8, 4) is 0 Å². The molecule has 0 radical (unpaired) electrons. The highest BCUT2D eigenvalue weighted by Crippen LogP contribution is 2.50. The second kappa shape index (κ2) is 11.6. The fourth-order valence-corrected chi connectivity index (χ4v) is 6.54. The molecule has 3 amide bonds. The SMILES string of the molecule is CC(C)(C)OC(=O)N(C[C@H]1OC(=O)NC1C1(C2=CC(C)(C)N(C(=O)[C@@H]3COCO3)CC2)C=C(F)C=C(F)C1)c1ncns1. The van der Waals surface area contributed by atoms with Gasteiger partial charge < -0.3 is 29.2 Å². The number of ether oxygens (including phenoxy) is 4. The first-order valence-electron chi connectivity index (χ1n) is 13.9. The van der Waals surface area contributed by atoms with Crippen LogP contribution in [0.4, 0.5) is 23.5 Å². The lowest BCUT2D eigenvalue weighted by Crippen LogP contribution is -2.57. The maximum Gasteiger partial charge on any atom is 0.416 e. The summed E-state index contributed by atoms with van der Waals surface area (Å²) in [5, 5.41) is 2.96. The van der Waals surface area contributed by atoms with Gasteiger partial charge in [-0.3, -0.25) is 4.79 Å². The maximum absolute atomic E-state index is 15.2. The predicted molar refractivity (Wildman–Crippen MR) is 150 cm³/mol.